The van der Waals surface area contributed by atoms with Gasteiger partial charge >= 0.3 is 0 Å². The summed E-state index contributed by atoms with van der Waals surface area (Å²) in [5, 5.41) is 22.6. The Hall–Kier alpha value is -4.33. The number of hydrogen-bond donors (Lipinski definition) is 2. The van der Waals surface area contributed by atoms with Gasteiger partial charge in [0.15, 0.2) is 0 Å². The molecule has 0 radical (unpaired) electrons. The summed E-state index contributed by atoms with van der Waals surface area (Å²) in [5.74, 6) is 0.378. The number of carbonyl (C=O) groups is 1. The summed E-state index contributed by atoms with van der Waals surface area (Å²) in [7, 11) is 0. The second kappa shape index (κ2) is 7.59. The zero-order chi connectivity index (χ0) is 20.3. The summed E-state index contributed by atoms with van der Waals surface area (Å²) in [6.45, 7) is 0.475. The maximum absolute atomic E-state index is 12.6. The lowest BCUT2D eigenvalue weighted by atomic mass is 10.1. The summed E-state index contributed by atoms with van der Waals surface area (Å²) in [4.78, 5) is 12.6. The van der Waals surface area contributed by atoms with Crippen LogP contribution in [0.4, 0.5) is 0 Å². The Morgan fingerprint density at radius 3 is 2.73 bits per heavy atom. The minimum Gasteiger partial charge on any atom is -0.348 e. The average Bonchev–Trinajstić information content (AvgIpc) is 3.48. The van der Waals surface area contributed by atoms with Gasteiger partial charge in [0.2, 0.25) is 5.82 Å². The van der Waals surface area contributed by atoms with Gasteiger partial charge in [0.25, 0.3) is 5.91 Å². The number of nitrogens with zero attached hydrogens (tertiary/aromatic N) is 5. The van der Waals surface area contributed by atoms with Crippen molar-refractivity contribution in [3.05, 3.63) is 90.1 Å². The molecular formula is C22H17N7O. The number of H-pyrrole nitrogens is 1. The first-order chi connectivity index (χ1) is 14.8. The number of carbonyl (C=O) groups excluding carboxylic acids is 1. The lowest BCUT2D eigenvalue weighted by Gasteiger charge is -2.08. The Morgan fingerprint density at radius 1 is 1.00 bits per heavy atom. The quantitative estimate of drug-likeness (QED) is 0.476. The summed E-state index contributed by atoms with van der Waals surface area (Å²) in [6, 6.07) is 23.0. The van der Waals surface area contributed by atoms with Crippen LogP contribution in [-0.4, -0.2) is 36.3 Å². The highest BCUT2D eigenvalue weighted by atomic mass is 16.1. The molecular weight excluding hydrogens is 378 g/mol. The fourth-order valence-corrected chi connectivity index (χ4v) is 3.31. The molecule has 0 saturated carbocycles. The first kappa shape index (κ1) is 17.7. The Kier molecular flexibility index (Phi) is 4.49. The van der Waals surface area contributed by atoms with Crippen molar-refractivity contribution in [2.24, 2.45) is 0 Å². The highest BCUT2D eigenvalue weighted by molar-refractivity contribution is 5.95. The highest BCUT2D eigenvalue weighted by Crippen LogP contribution is 2.24. The van der Waals surface area contributed by atoms with Crippen LogP contribution >= 0.6 is 0 Å². The Labute approximate surface area is 171 Å². The highest BCUT2D eigenvalue weighted by Gasteiger charge is 2.11. The van der Waals surface area contributed by atoms with Crippen LogP contribution in [0.3, 0.4) is 0 Å². The fraction of sp³-hybridized carbons (Fsp3) is 0.0455. The molecule has 1 amide bonds. The van der Waals surface area contributed by atoms with Gasteiger partial charge in [0, 0.05) is 23.1 Å². The second-order valence-corrected chi connectivity index (χ2v) is 6.78. The normalized spacial score (nSPS) is 10.9. The van der Waals surface area contributed by atoms with Gasteiger partial charge in [-0.2, -0.15) is 10.3 Å². The smallest absolute Gasteiger partial charge is 0.251 e. The van der Waals surface area contributed by atoms with E-state index in [1.54, 1.807) is 16.9 Å². The second-order valence-electron chi connectivity index (χ2n) is 6.78. The summed E-state index contributed by atoms with van der Waals surface area (Å²) in [6.07, 6.45) is 1.79. The molecule has 8 nitrogen and oxygen atoms in total. The SMILES string of the molecule is O=C(NCc1ccccc1)c1cccc(-n2ncc3ccc(-c4nn[nH]n4)cc32)c1. The van der Waals surface area contributed by atoms with Crippen LogP contribution < -0.4 is 5.32 Å². The van der Waals surface area contributed by atoms with E-state index < -0.39 is 0 Å². The summed E-state index contributed by atoms with van der Waals surface area (Å²) in [5.41, 5.74) is 4.13. The van der Waals surface area contributed by atoms with Crippen molar-refractivity contribution < 1.29 is 4.79 Å². The minimum atomic E-state index is -0.135. The van der Waals surface area contributed by atoms with Crippen molar-refractivity contribution in [2.75, 3.05) is 0 Å². The number of benzene rings is 3. The Morgan fingerprint density at radius 2 is 1.90 bits per heavy atom. The lowest BCUT2D eigenvalue weighted by molar-refractivity contribution is 0.0951. The molecule has 0 unspecified atom stereocenters. The predicted octanol–water partition coefficient (Wildman–Crippen LogP) is 3.14. The number of nitrogens with one attached hydrogen (secondary N) is 2. The van der Waals surface area contributed by atoms with E-state index in [9.17, 15) is 4.79 Å². The van der Waals surface area contributed by atoms with Crippen molar-refractivity contribution >= 4 is 16.8 Å². The van der Waals surface area contributed by atoms with Gasteiger partial charge in [-0.3, -0.25) is 4.79 Å². The molecule has 5 aromatic rings. The molecule has 0 atom stereocenters. The van der Waals surface area contributed by atoms with Gasteiger partial charge in [-0.1, -0.05) is 48.5 Å². The summed E-state index contributed by atoms with van der Waals surface area (Å²) < 4.78 is 1.80. The molecule has 5 rings (SSSR count). The standard InChI is InChI=1S/C22H17N7O/c30-22(23-13-15-5-2-1-3-6-15)17-7-4-8-19(11-17)29-20-12-16(21-25-27-28-26-21)9-10-18(20)14-24-29/h1-12,14H,13H2,(H,23,30)(H,25,26,27,28). The molecule has 0 aliphatic rings. The van der Waals surface area contributed by atoms with Gasteiger partial charge < -0.3 is 5.32 Å². The van der Waals surface area contributed by atoms with Gasteiger partial charge in [-0.25, -0.2) is 4.68 Å². The topological polar surface area (TPSA) is 101 Å². The third-order valence-corrected chi connectivity index (χ3v) is 4.82. The first-order valence-electron chi connectivity index (χ1n) is 9.42. The molecule has 2 N–H and O–H groups in total. The maximum Gasteiger partial charge on any atom is 0.251 e. The molecule has 0 fully saturated rings. The van der Waals surface area contributed by atoms with Crippen molar-refractivity contribution in [1.82, 2.24) is 35.7 Å². The number of hydrogen-bond acceptors (Lipinski definition) is 5. The molecule has 2 heterocycles. The van der Waals surface area contributed by atoms with E-state index in [2.05, 4.69) is 31.0 Å². The van der Waals surface area contributed by atoms with Crippen molar-refractivity contribution in [1.29, 1.82) is 0 Å². The zero-order valence-corrected chi connectivity index (χ0v) is 15.9. The van der Waals surface area contributed by atoms with E-state index >= 15 is 0 Å². The van der Waals surface area contributed by atoms with Gasteiger partial charge in [0.05, 0.1) is 17.4 Å². The average molecular weight is 395 g/mol. The van der Waals surface area contributed by atoms with E-state index in [1.165, 1.54) is 0 Å². The molecule has 146 valence electrons. The monoisotopic (exact) mass is 395 g/mol. The lowest BCUT2D eigenvalue weighted by Crippen LogP contribution is -2.22. The molecule has 0 bridgehead atoms. The zero-order valence-electron chi connectivity index (χ0n) is 15.9. The van der Waals surface area contributed by atoms with Crippen LogP contribution in [0, 0.1) is 0 Å². The number of rotatable bonds is 5. The van der Waals surface area contributed by atoms with E-state index in [4.69, 9.17) is 0 Å². The molecule has 0 spiro atoms. The predicted molar refractivity (Wildman–Crippen MR) is 112 cm³/mol. The van der Waals surface area contributed by atoms with Crippen molar-refractivity contribution in [3.63, 3.8) is 0 Å². The third-order valence-electron chi connectivity index (χ3n) is 4.82. The number of tetrazole rings is 1. The van der Waals surface area contributed by atoms with E-state index in [-0.39, 0.29) is 5.91 Å². The third kappa shape index (κ3) is 3.42. The minimum absolute atomic E-state index is 0.135. The molecule has 8 heteroatoms. The van der Waals surface area contributed by atoms with Crippen LogP contribution in [0.5, 0.6) is 0 Å². The maximum atomic E-state index is 12.6. The number of aromatic amines is 1. The van der Waals surface area contributed by atoms with Crippen LogP contribution in [0.2, 0.25) is 0 Å². The first-order valence-corrected chi connectivity index (χ1v) is 9.42. The Balaban J connectivity index is 1.44. The van der Waals surface area contributed by atoms with Gasteiger partial charge in [0.1, 0.15) is 0 Å². The largest absolute Gasteiger partial charge is 0.348 e. The van der Waals surface area contributed by atoms with E-state index in [0.717, 1.165) is 27.7 Å². The van der Waals surface area contributed by atoms with E-state index in [1.807, 2.05) is 66.7 Å². The summed E-state index contributed by atoms with van der Waals surface area (Å²) >= 11 is 0. The molecule has 30 heavy (non-hydrogen) atoms. The number of aromatic nitrogens is 6. The van der Waals surface area contributed by atoms with Gasteiger partial charge in [-0.15, -0.1) is 10.2 Å². The van der Waals surface area contributed by atoms with Crippen LogP contribution in [0.1, 0.15) is 15.9 Å². The number of amides is 1. The number of fused-ring (bicyclic) bond motifs is 1. The van der Waals surface area contributed by atoms with Crippen LogP contribution in [0.15, 0.2) is 79.0 Å². The molecule has 3 aromatic carbocycles. The van der Waals surface area contributed by atoms with Crippen molar-refractivity contribution in [3.8, 4) is 17.1 Å². The van der Waals surface area contributed by atoms with Crippen molar-refractivity contribution in [2.45, 2.75) is 6.54 Å². The van der Waals surface area contributed by atoms with Gasteiger partial charge in [-0.05, 0) is 35.0 Å². The fourth-order valence-electron chi connectivity index (χ4n) is 3.31. The van der Waals surface area contributed by atoms with E-state index in [0.29, 0.717) is 17.9 Å². The Bertz CT molecular complexity index is 1310. The molecule has 0 aliphatic heterocycles. The van der Waals surface area contributed by atoms with Crippen LogP contribution in [-0.2, 0) is 6.54 Å². The molecule has 2 aromatic heterocycles. The molecule has 0 aliphatic carbocycles. The van der Waals surface area contributed by atoms with Crippen LogP contribution in [0.25, 0.3) is 28.0 Å². The molecule has 0 saturated heterocycles.